The van der Waals surface area contributed by atoms with Crippen molar-refractivity contribution in [1.29, 1.82) is 0 Å². The van der Waals surface area contributed by atoms with Crippen LogP contribution in [0.25, 0.3) is 0 Å². The lowest BCUT2D eigenvalue weighted by Gasteiger charge is -2.22. The molecule has 1 aliphatic carbocycles. The highest BCUT2D eigenvalue weighted by Crippen LogP contribution is 2.51. The Hall–Kier alpha value is -3.98. The van der Waals surface area contributed by atoms with Crippen LogP contribution in [0.5, 0.6) is 5.75 Å². The summed E-state index contributed by atoms with van der Waals surface area (Å²) in [4.78, 5) is 29.6. The van der Waals surface area contributed by atoms with E-state index >= 15 is 4.39 Å². The van der Waals surface area contributed by atoms with Gasteiger partial charge in [-0.3, -0.25) is 9.36 Å². The number of rotatable bonds is 9. The van der Waals surface area contributed by atoms with E-state index in [0.717, 1.165) is 28.5 Å². The number of nitrogens with one attached hydrogen (secondary N) is 1. The minimum absolute atomic E-state index is 0.0153. The second-order valence-corrected chi connectivity index (χ2v) is 9.87. The molecule has 7 nitrogen and oxygen atoms in total. The number of esters is 1. The van der Waals surface area contributed by atoms with E-state index in [1.165, 1.54) is 31.5 Å². The maximum atomic E-state index is 15.6. The van der Waals surface area contributed by atoms with Crippen LogP contribution in [0.2, 0.25) is 0 Å². The van der Waals surface area contributed by atoms with Gasteiger partial charge in [0.15, 0.2) is 5.82 Å². The SMILES string of the molecule is COC(=O)c1cccc(C(F)n2cc(Br)nc(NC3(c4ccccc4OCc4ccccc4)CC3)c2=O)c1. The van der Waals surface area contributed by atoms with Gasteiger partial charge in [0.2, 0.25) is 6.30 Å². The van der Waals surface area contributed by atoms with Crippen LogP contribution < -0.4 is 15.6 Å². The molecule has 1 aromatic heterocycles. The number of hydrogen-bond acceptors (Lipinski definition) is 6. The minimum Gasteiger partial charge on any atom is -0.489 e. The average molecular weight is 578 g/mol. The molecule has 5 rings (SSSR count). The van der Waals surface area contributed by atoms with Gasteiger partial charge in [0.25, 0.3) is 5.56 Å². The van der Waals surface area contributed by atoms with E-state index in [1.54, 1.807) is 6.07 Å². The summed E-state index contributed by atoms with van der Waals surface area (Å²) < 4.78 is 27.8. The Balaban J connectivity index is 1.43. The predicted octanol–water partition coefficient (Wildman–Crippen LogP) is 5.99. The normalized spacial score (nSPS) is 14.4. The van der Waals surface area contributed by atoms with Gasteiger partial charge in [-0.25, -0.2) is 14.2 Å². The summed E-state index contributed by atoms with van der Waals surface area (Å²) in [5.74, 6) is 0.134. The molecule has 1 N–H and O–H groups in total. The van der Waals surface area contributed by atoms with Crippen LogP contribution >= 0.6 is 15.9 Å². The van der Waals surface area contributed by atoms with Crippen LogP contribution in [0, 0.1) is 0 Å². The van der Waals surface area contributed by atoms with Crippen molar-refractivity contribution >= 4 is 27.7 Å². The van der Waals surface area contributed by atoms with Crippen LogP contribution in [-0.2, 0) is 16.9 Å². The Kier molecular flexibility index (Phi) is 7.28. The summed E-state index contributed by atoms with van der Waals surface area (Å²) in [7, 11) is 1.25. The van der Waals surface area contributed by atoms with Crippen LogP contribution in [0.4, 0.5) is 10.2 Å². The molecule has 38 heavy (non-hydrogen) atoms. The number of halogens is 2. The topological polar surface area (TPSA) is 82.5 Å². The molecule has 0 saturated heterocycles. The van der Waals surface area contributed by atoms with Crippen molar-refractivity contribution in [2.45, 2.75) is 31.3 Å². The summed E-state index contributed by atoms with van der Waals surface area (Å²) in [6.07, 6.45) is 0.960. The van der Waals surface area contributed by atoms with Gasteiger partial charge in [-0.1, -0.05) is 60.7 Å². The van der Waals surface area contributed by atoms with Crippen molar-refractivity contribution in [3.63, 3.8) is 0 Å². The molecule has 1 atom stereocenters. The lowest BCUT2D eigenvalue weighted by molar-refractivity contribution is 0.0600. The summed E-state index contributed by atoms with van der Waals surface area (Å²) in [6.45, 7) is 0.407. The second-order valence-electron chi connectivity index (χ2n) is 9.06. The number of hydrogen-bond donors (Lipinski definition) is 1. The van der Waals surface area contributed by atoms with Crippen molar-refractivity contribution in [3.05, 3.63) is 122 Å². The van der Waals surface area contributed by atoms with Crippen LogP contribution in [-0.4, -0.2) is 22.6 Å². The fourth-order valence-corrected chi connectivity index (χ4v) is 4.76. The van der Waals surface area contributed by atoms with Crippen LogP contribution in [0.3, 0.4) is 0 Å². The molecule has 1 saturated carbocycles. The largest absolute Gasteiger partial charge is 0.489 e. The molecule has 0 bridgehead atoms. The standard InChI is InChI=1S/C29H25BrFN3O4/c1-37-28(36)21-11-7-10-20(16-21)25(31)34-17-24(30)32-26(27(34)35)33-29(14-15-29)22-12-5-6-13-23(22)38-18-19-8-3-2-4-9-19/h2-13,16-17,25H,14-15,18H2,1H3,(H,32,33). The molecule has 4 aromatic rings. The number of anilines is 1. The lowest BCUT2D eigenvalue weighted by atomic mass is 10.0. The summed E-state index contributed by atoms with van der Waals surface area (Å²) in [6, 6.07) is 23.5. The van der Waals surface area contributed by atoms with Crippen LogP contribution in [0.1, 0.15) is 46.2 Å². The van der Waals surface area contributed by atoms with Gasteiger partial charge in [0.1, 0.15) is 17.0 Å². The molecule has 194 valence electrons. The zero-order valence-electron chi connectivity index (χ0n) is 20.6. The van der Waals surface area contributed by atoms with Gasteiger partial charge in [0, 0.05) is 17.3 Å². The number of alkyl halides is 1. The minimum atomic E-state index is -1.84. The summed E-state index contributed by atoms with van der Waals surface area (Å²) in [5.41, 5.74) is 1.09. The third-order valence-corrected chi connectivity index (χ3v) is 6.86. The number of nitrogens with zero attached hydrogens (tertiary/aromatic N) is 2. The number of ether oxygens (including phenoxy) is 2. The van der Waals surface area contributed by atoms with Gasteiger partial charge in [-0.2, -0.15) is 0 Å². The summed E-state index contributed by atoms with van der Waals surface area (Å²) in [5, 5.41) is 3.28. The Bertz CT molecular complexity index is 1520. The average Bonchev–Trinajstić information content (AvgIpc) is 3.74. The van der Waals surface area contributed by atoms with Gasteiger partial charge in [0.05, 0.1) is 18.2 Å². The Labute approximate surface area is 227 Å². The van der Waals surface area contributed by atoms with E-state index in [1.807, 2.05) is 54.6 Å². The number of carbonyl (C=O) groups excluding carboxylic acids is 1. The quantitative estimate of drug-likeness (QED) is 0.246. The van der Waals surface area contributed by atoms with Crippen molar-refractivity contribution in [2.75, 3.05) is 12.4 Å². The highest BCUT2D eigenvalue weighted by molar-refractivity contribution is 9.10. The molecule has 1 heterocycles. The molecule has 3 aromatic carbocycles. The molecule has 0 amide bonds. The highest BCUT2D eigenvalue weighted by atomic mass is 79.9. The Morgan fingerprint density at radius 3 is 2.58 bits per heavy atom. The third kappa shape index (κ3) is 5.33. The van der Waals surface area contributed by atoms with Crippen molar-refractivity contribution in [1.82, 2.24) is 9.55 Å². The Morgan fingerprint density at radius 2 is 1.84 bits per heavy atom. The number of methoxy groups -OCH3 is 1. The van der Waals surface area contributed by atoms with Gasteiger partial charge < -0.3 is 14.8 Å². The van der Waals surface area contributed by atoms with E-state index in [9.17, 15) is 9.59 Å². The fourth-order valence-electron chi connectivity index (χ4n) is 4.36. The third-order valence-electron chi connectivity index (χ3n) is 6.48. The molecular formula is C29H25BrFN3O4. The number of aromatic nitrogens is 2. The fraction of sp³-hybridized carbons (Fsp3) is 0.207. The first-order chi connectivity index (χ1) is 18.4. The molecular weight excluding hydrogens is 553 g/mol. The molecule has 1 aliphatic rings. The van der Waals surface area contributed by atoms with Crippen molar-refractivity contribution in [3.8, 4) is 5.75 Å². The molecule has 1 unspecified atom stereocenters. The molecule has 0 radical (unpaired) electrons. The molecule has 1 fully saturated rings. The maximum absolute atomic E-state index is 15.6. The summed E-state index contributed by atoms with van der Waals surface area (Å²) >= 11 is 3.31. The smallest absolute Gasteiger partial charge is 0.337 e. The van der Waals surface area contributed by atoms with Crippen molar-refractivity contribution in [2.24, 2.45) is 0 Å². The first-order valence-corrected chi connectivity index (χ1v) is 12.8. The second kappa shape index (κ2) is 10.8. The van der Waals surface area contributed by atoms with E-state index in [2.05, 4.69) is 26.2 Å². The van der Waals surface area contributed by atoms with Gasteiger partial charge in [-0.15, -0.1) is 0 Å². The van der Waals surface area contributed by atoms with Gasteiger partial charge >= 0.3 is 5.97 Å². The number of carbonyl (C=O) groups is 1. The number of benzene rings is 3. The first kappa shape index (κ1) is 25.7. The maximum Gasteiger partial charge on any atom is 0.337 e. The Morgan fingerprint density at radius 1 is 1.11 bits per heavy atom. The van der Waals surface area contributed by atoms with E-state index < -0.39 is 23.4 Å². The first-order valence-electron chi connectivity index (χ1n) is 12.1. The van der Waals surface area contributed by atoms with E-state index in [-0.39, 0.29) is 21.5 Å². The lowest BCUT2D eigenvalue weighted by Crippen LogP contribution is -2.31. The predicted molar refractivity (Wildman–Crippen MR) is 145 cm³/mol. The van der Waals surface area contributed by atoms with Gasteiger partial charge in [-0.05, 0) is 52.5 Å². The molecule has 9 heteroatoms. The molecule has 0 spiro atoms. The van der Waals surface area contributed by atoms with E-state index in [0.29, 0.717) is 12.4 Å². The van der Waals surface area contributed by atoms with Crippen LogP contribution in [0.15, 0.2) is 94.5 Å². The highest BCUT2D eigenvalue weighted by Gasteiger charge is 2.47. The zero-order chi connectivity index (χ0) is 26.7. The number of para-hydroxylation sites is 1. The van der Waals surface area contributed by atoms with E-state index in [4.69, 9.17) is 9.47 Å². The monoisotopic (exact) mass is 577 g/mol. The zero-order valence-corrected chi connectivity index (χ0v) is 22.2. The molecule has 0 aliphatic heterocycles. The van der Waals surface area contributed by atoms with Crippen molar-refractivity contribution < 1.29 is 18.7 Å².